The van der Waals surface area contributed by atoms with Gasteiger partial charge in [-0.05, 0) is 55.3 Å². The second-order valence-corrected chi connectivity index (χ2v) is 8.74. The first-order chi connectivity index (χ1) is 16.7. The number of ether oxygens (including phenoxy) is 1. The Morgan fingerprint density at radius 1 is 0.941 bits per heavy atom. The van der Waals surface area contributed by atoms with Gasteiger partial charge < -0.3 is 14.5 Å². The number of para-hydroxylation sites is 1. The maximum absolute atomic E-state index is 12.9. The molecule has 1 amide bonds. The molecule has 34 heavy (non-hydrogen) atoms. The second-order valence-electron chi connectivity index (χ2n) is 8.74. The Morgan fingerprint density at radius 2 is 1.65 bits per heavy atom. The Labute approximate surface area is 202 Å². The minimum atomic E-state index is 0.153. The molecule has 0 radical (unpaired) electrons. The quantitative estimate of drug-likeness (QED) is 0.405. The summed E-state index contributed by atoms with van der Waals surface area (Å²) in [6.07, 6.45) is 5.96. The molecule has 178 valence electrons. The van der Waals surface area contributed by atoms with Crippen LogP contribution in [-0.4, -0.2) is 47.0 Å². The maximum Gasteiger partial charge on any atom is 0.225 e. The summed E-state index contributed by atoms with van der Waals surface area (Å²) in [6, 6.07) is 19.6. The predicted molar refractivity (Wildman–Crippen MR) is 136 cm³/mol. The van der Waals surface area contributed by atoms with Crippen molar-refractivity contribution in [1.29, 1.82) is 0 Å². The molecule has 0 aliphatic carbocycles. The van der Waals surface area contributed by atoms with Crippen molar-refractivity contribution in [2.45, 2.75) is 39.5 Å². The van der Waals surface area contributed by atoms with E-state index in [0.717, 1.165) is 74.6 Å². The average Bonchev–Trinajstić information content (AvgIpc) is 2.90. The highest BCUT2D eigenvalue weighted by molar-refractivity contribution is 5.79. The van der Waals surface area contributed by atoms with E-state index in [0.29, 0.717) is 11.9 Å². The van der Waals surface area contributed by atoms with E-state index in [-0.39, 0.29) is 5.92 Å². The predicted octanol–water partition coefficient (Wildman–Crippen LogP) is 5.80. The number of benzene rings is 2. The summed E-state index contributed by atoms with van der Waals surface area (Å²) in [7, 11) is 0. The minimum Gasteiger partial charge on any atom is -0.457 e. The van der Waals surface area contributed by atoms with Gasteiger partial charge in [-0.25, -0.2) is 9.97 Å². The number of nitrogens with zero attached hydrogens (tertiary/aromatic N) is 4. The molecule has 2 aromatic carbocycles. The first kappa shape index (κ1) is 23.7. The summed E-state index contributed by atoms with van der Waals surface area (Å²) >= 11 is 0. The van der Waals surface area contributed by atoms with Crippen molar-refractivity contribution in [3.8, 4) is 22.8 Å². The molecule has 3 aromatic rings. The first-order valence-electron chi connectivity index (χ1n) is 12.4. The number of hydrogen-bond donors (Lipinski definition) is 0. The summed E-state index contributed by atoms with van der Waals surface area (Å²) in [4.78, 5) is 26.4. The lowest BCUT2D eigenvalue weighted by Gasteiger charge is -2.36. The van der Waals surface area contributed by atoms with E-state index < -0.39 is 0 Å². The van der Waals surface area contributed by atoms with E-state index in [1.54, 1.807) is 6.20 Å². The molecule has 1 aliphatic rings. The van der Waals surface area contributed by atoms with Crippen LogP contribution in [0.25, 0.3) is 11.3 Å². The second kappa shape index (κ2) is 11.6. The number of aromatic nitrogens is 2. The zero-order chi connectivity index (χ0) is 23.8. The number of piperazine rings is 1. The van der Waals surface area contributed by atoms with Gasteiger partial charge >= 0.3 is 0 Å². The molecular formula is C28H34N4O2. The molecule has 1 saturated heterocycles. The van der Waals surface area contributed by atoms with Crippen molar-refractivity contribution >= 4 is 11.9 Å². The summed E-state index contributed by atoms with van der Waals surface area (Å²) in [5.74, 6) is 2.78. The number of hydrogen-bond acceptors (Lipinski definition) is 5. The van der Waals surface area contributed by atoms with Gasteiger partial charge in [0.2, 0.25) is 11.9 Å². The molecule has 6 heteroatoms. The van der Waals surface area contributed by atoms with E-state index in [1.807, 2.05) is 65.6 Å². The number of carbonyl (C=O) groups excluding carboxylic acids is 1. The Balaban J connectivity index is 1.37. The number of rotatable bonds is 9. The summed E-state index contributed by atoms with van der Waals surface area (Å²) in [5, 5.41) is 0. The fourth-order valence-electron chi connectivity index (χ4n) is 4.32. The maximum atomic E-state index is 12.9. The lowest BCUT2D eigenvalue weighted by molar-refractivity contribution is -0.136. The Bertz CT molecular complexity index is 1050. The van der Waals surface area contributed by atoms with E-state index in [4.69, 9.17) is 9.72 Å². The molecule has 0 bridgehead atoms. The zero-order valence-electron chi connectivity index (χ0n) is 20.2. The zero-order valence-corrected chi connectivity index (χ0v) is 20.2. The molecule has 1 unspecified atom stereocenters. The average molecular weight is 459 g/mol. The fourth-order valence-corrected chi connectivity index (χ4v) is 4.32. The van der Waals surface area contributed by atoms with Crippen molar-refractivity contribution in [3.05, 3.63) is 66.9 Å². The van der Waals surface area contributed by atoms with Gasteiger partial charge in [0, 0.05) is 43.9 Å². The molecule has 0 spiro atoms. The van der Waals surface area contributed by atoms with Crippen LogP contribution >= 0.6 is 0 Å². The van der Waals surface area contributed by atoms with E-state index in [9.17, 15) is 4.79 Å². The van der Waals surface area contributed by atoms with Crippen molar-refractivity contribution < 1.29 is 9.53 Å². The van der Waals surface area contributed by atoms with Crippen molar-refractivity contribution in [1.82, 2.24) is 14.9 Å². The number of unbranched alkanes of at least 4 members (excludes halogenated alkanes) is 1. The van der Waals surface area contributed by atoms with Gasteiger partial charge in [-0.1, -0.05) is 44.9 Å². The summed E-state index contributed by atoms with van der Waals surface area (Å²) in [6.45, 7) is 7.25. The van der Waals surface area contributed by atoms with Crippen molar-refractivity contribution in [3.63, 3.8) is 0 Å². The molecule has 0 saturated carbocycles. The highest BCUT2D eigenvalue weighted by Crippen LogP contribution is 2.26. The third-order valence-electron chi connectivity index (χ3n) is 6.39. The lowest BCUT2D eigenvalue weighted by Crippen LogP contribution is -2.50. The third kappa shape index (κ3) is 5.93. The van der Waals surface area contributed by atoms with Crippen LogP contribution in [-0.2, 0) is 4.79 Å². The number of carbonyl (C=O) groups is 1. The molecular weight excluding hydrogens is 424 g/mol. The fraction of sp³-hybridized carbons (Fsp3) is 0.393. The molecule has 6 nitrogen and oxygen atoms in total. The van der Waals surface area contributed by atoms with Crippen LogP contribution in [0.15, 0.2) is 66.9 Å². The highest BCUT2D eigenvalue weighted by atomic mass is 16.5. The van der Waals surface area contributed by atoms with Crippen LogP contribution in [0.2, 0.25) is 0 Å². The minimum absolute atomic E-state index is 0.153. The van der Waals surface area contributed by atoms with Gasteiger partial charge in [0.05, 0.1) is 5.69 Å². The Kier molecular flexibility index (Phi) is 8.12. The van der Waals surface area contributed by atoms with Crippen LogP contribution in [0, 0.1) is 5.92 Å². The van der Waals surface area contributed by atoms with Crippen LogP contribution in [0.4, 0.5) is 5.95 Å². The summed E-state index contributed by atoms with van der Waals surface area (Å²) < 4.78 is 5.89. The lowest BCUT2D eigenvalue weighted by atomic mass is 9.97. The van der Waals surface area contributed by atoms with Crippen LogP contribution in [0.3, 0.4) is 0 Å². The van der Waals surface area contributed by atoms with Crippen LogP contribution in [0.5, 0.6) is 11.5 Å². The molecule has 1 fully saturated rings. The molecule has 1 aromatic heterocycles. The van der Waals surface area contributed by atoms with Crippen LogP contribution < -0.4 is 9.64 Å². The van der Waals surface area contributed by atoms with Gasteiger partial charge in [-0.2, -0.15) is 0 Å². The van der Waals surface area contributed by atoms with Gasteiger partial charge in [-0.3, -0.25) is 4.79 Å². The topological polar surface area (TPSA) is 58.6 Å². The standard InChI is InChI=1S/C28H34N4O2/c1-3-5-9-22(4-2)27(33)31-18-20-32(21-19-31)28-29-17-16-26(30-28)23-12-14-25(15-13-23)34-24-10-7-6-8-11-24/h6-8,10-17,22H,3-5,9,18-21H2,1-2H3. The summed E-state index contributed by atoms with van der Waals surface area (Å²) in [5.41, 5.74) is 1.89. The SMILES string of the molecule is CCCCC(CC)C(=O)N1CCN(c2nccc(-c3ccc(Oc4ccccc4)cc3)n2)CC1. The molecule has 0 N–H and O–H groups in total. The number of amides is 1. The van der Waals surface area contributed by atoms with Crippen LogP contribution in [0.1, 0.15) is 39.5 Å². The first-order valence-corrected chi connectivity index (χ1v) is 12.4. The molecule has 1 atom stereocenters. The molecule has 2 heterocycles. The van der Waals surface area contributed by atoms with Gasteiger partial charge in [0.1, 0.15) is 11.5 Å². The largest absolute Gasteiger partial charge is 0.457 e. The number of anilines is 1. The van der Waals surface area contributed by atoms with Gasteiger partial charge in [-0.15, -0.1) is 0 Å². The Hall–Kier alpha value is -3.41. The molecule has 4 rings (SSSR count). The van der Waals surface area contributed by atoms with E-state index in [1.165, 1.54) is 0 Å². The van der Waals surface area contributed by atoms with E-state index in [2.05, 4.69) is 23.7 Å². The van der Waals surface area contributed by atoms with Crippen molar-refractivity contribution in [2.75, 3.05) is 31.1 Å². The van der Waals surface area contributed by atoms with Gasteiger partial charge in [0.15, 0.2) is 0 Å². The van der Waals surface area contributed by atoms with Gasteiger partial charge in [0.25, 0.3) is 0 Å². The monoisotopic (exact) mass is 458 g/mol. The van der Waals surface area contributed by atoms with E-state index >= 15 is 0 Å². The highest BCUT2D eigenvalue weighted by Gasteiger charge is 2.27. The smallest absolute Gasteiger partial charge is 0.225 e. The Morgan fingerprint density at radius 3 is 2.32 bits per heavy atom. The third-order valence-corrected chi connectivity index (χ3v) is 6.39. The molecule has 1 aliphatic heterocycles. The normalized spacial score (nSPS) is 14.6. The van der Waals surface area contributed by atoms with Crippen molar-refractivity contribution in [2.24, 2.45) is 5.92 Å².